The molecule has 0 unspecified atom stereocenters. The van der Waals surface area contributed by atoms with Crippen molar-refractivity contribution in [3.05, 3.63) is 88.5 Å². The molecule has 2 atom stereocenters. The Hall–Kier alpha value is -5.24. The number of hydrogen-bond donors (Lipinski definition) is 3. The molecule has 0 aromatic heterocycles. The predicted octanol–water partition coefficient (Wildman–Crippen LogP) is 3.99. The van der Waals surface area contributed by atoms with E-state index in [0.717, 1.165) is 4.90 Å². The van der Waals surface area contributed by atoms with Crippen LogP contribution in [0.15, 0.2) is 54.6 Å². The summed E-state index contributed by atoms with van der Waals surface area (Å²) in [5.41, 5.74) is -1.56. The number of esters is 1. The lowest BCUT2D eigenvalue weighted by Crippen LogP contribution is -2.51. The van der Waals surface area contributed by atoms with Crippen molar-refractivity contribution >= 4 is 23.8 Å². The summed E-state index contributed by atoms with van der Waals surface area (Å²) in [6, 6.07) is 9.67. The van der Waals surface area contributed by atoms with Crippen molar-refractivity contribution in [2.75, 3.05) is 34.1 Å². The number of likely N-dealkylation sites (tertiary alicyclic amines) is 1. The zero-order valence-electron chi connectivity index (χ0n) is 24.2. The van der Waals surface area contributed by atoms with Gasteiger partial charge in [0.25, 0.3) is 5.91 Å². The monoisotopic (exact) mass is 628 g/mol. The van der Waals surface area contributed by atoms with Crippen LogP contribution in [0.4, 0.5) is 13.6 Å². The molecule has 12 nitrogen and oxygen atoms in total. The summed E-state index contributed by atoms with van der Waals surface area (Å²) >= 11 is 0. The number of halogens is 2. The number of phenols is 1. The Morgan fingerprint density at radius 3 is 2.29 bits per heavy atom. The van der Waals surface area contributed by atoms with E-state index in [9.17, 15) is 29.4 Å². The van der Waals surface area contributed by atoms with Gasteiger partial charge >= 0.3 is 12.1 Å². The first-order chi connectivity index (χ1) is 21.5. The van der Waals surface area contributed by atoms with Crippen LogP contribution in [0.5, 0.6) is 17.2 Å². The molecule has 0 spiro atoms. The summed E-state index contributed by atoms with van der Waals surface area (Å²) in [5.74, 6) is -5.42. The van der Waals surface area contributed by atoms with Crippen LogP contribution < -0.4 is 14.8 Å². The topological polar surface area (TPSA) is 161 Å². The van der Waals surface area contributed by atoms with Gasteiger partial charge in [-0.1, -0.05) is 0 Å². The quantitative estimate of drug-likeness (QED) is 0.170. The molecule has 3 aromatic rings. The van der Waals surface area contributed by atoms with Crippen molar-refractivity contribution in [1.82, 2.24) is 10.2 Å². The normalized spacial score (nSPS) is 16.3. The standard InChI is InChI=1S/C31H30F2N2O10/c1-42-16-44-25-10-9-20(43-2)14-21(25)28(37)27-22(32)12-18(13-23(27)33)30(39)45-26-4-3-11-35(31(40)41)15-24(26)34-29(38)17-5-7-19(36)8-6-17/h5-10,12-14,24,26,36H,3-4,11,15-16H2,1-2H3,(H,34,38)(H,40,41)/t24-,26-/m1/s1. The SMILES string of the molecule is COCOc1ccc(OC)cc1C(=O)c1c(F)cc(C(=O)O[C@@H]2CCCN(C(=O)O)C[C@H]2NC(=O)c2ccc(O)cc2)cc1F. The first-order valence-corrected chi connectivity index (χ1v) is 13.6. The van der Waals surface area contributed by atoms with E-state index in [-0.39, 0.29) is 61.1 Å². The zero-order valence-corrected chi connectivity index (χ0v) is 24.2. The molecule has 0 radical (unpaired) electrons. The summed E-state index contributed by atoms with van der Waals surface area (Å²) in [5, 5.41) is 21.7. The van der Waals surface area contributed by atoms with E-state index < -0.39 is 58.7 Å². The Balaban J connectivity index is 1.58. The molecule has 238 valence electrons. The minimum absolute atomic E-state index is 0.0194. The summed E-state index contributed by atoms with van der Waals surface area (Å²) in [6.45, 7) is -0.388. The number of phenolic OH excluding ortho intramolecular Hbond substituents is 1. The number of benzene rings is 3. The van der Waals surface area contributed by atoms with E-state index in [0.29, 0.717) is 12.1 Å². The van der Waals surface area contributed by atoms with Gasteiger partial charge in [-0.25, -0.2) is 18.4 Å². The van der Waals surface area contributed by atoms with Crippen LogP contribution in [-0.4, -0.2) is 85.1 Å². The molecule has 2 amide bonds. The summed E-state index contributed by atoms with van der Waals surface area (Å²) in [4.78, 5) is 52.1. The molecule has 3 aromatic carbocycles. The maximum Gasteiger partial charge on any atom is 0.407 e. The number of ether oxygens (including phenoxy) is 4. The van der Waals surface area contributed by atoms with Gasteiger partial charge in [-0.15, -0.1) is 0 Å². The number of nitrogens with one attached hydrogen (secondary N) is 1. The molecule has 0 bridgehead atoms. The number of methoxy groups -OCH3 is 2. The van der Waals surface area contributed by atoms with Crippen LogP contribution in [0, 0.1) is 11.6 Å². The highest BCUT2D eigenvalue weighted by molar-refractivity contribution is 6.11. The number of aromatic hydroxyl groups is 1. The Kier molecular flexibility index (Phi) is 10.5. The third-order valence-corrected chi connectivity index (χ3v) is 7.03. The molecule has 1 aliphatic rings. The van der Waals surface area contributed by atoms with Crippen molar-refractivity contribution in [2.45, 2.75) is 25.0 Å². The maximum atomic E-state index is 15.3. The van der Waals surface area contributed by atoms with Crippen molar-refractivity contribution in [2.24, 2.45) is 0 Å². The highest BCUT2D eigenvalue weighted by atomic mass is 19.1. The molecule has 45 heavy (non-hydrogen) atoms. The van der Waals surface area contributed by atoms with Crippen LogP contribution in [0.25, 0.3) is 0 Å². The van der Waals surface area contributed by atoms with Crippen LogP contribution in [0.1, 0.15) is 49.5 Å². The molecule has 0 saturated carbocycles. The third kappa shape index (κ3) is 7.84. The van der Waals surface area contributed by atoms with E-state index in [1.54, 1.807) is 0 Å². The minimum atomic E-state index is -1.34. The largest absolute Gasteiger partial charge is 0.508 e. The van der Waals surface area contributed by atoms with Crippen LogP contribution in [-0.2, 0) is 9.47 Å². The van der Waals surface area contributed by atoms with E-state index >= 15 is 8.78 Å². The fourth-order valence-electron chi connectivity index (χ4n) is 4.76. The van der Waals surface area contributed by atoms with Crippen LogP contribution in [0.3, 0.4) is 0 Å². The van der Waals surface area contributed by atoms with Gasteiger partial charge in [-0.3, -0.25) is 9.59 Å². The van der Waals surface area contributed by atoms with Crippen molar-refractivity contribution in [3.8, 4) is 17.2 Å². The summed E-state index contributed by atoms with van der Waals surface area (Å²) < 4.78 is 51.5. The van der Waals surface area contributed by atoms with Crippen molar-refractivity contribution in [3.63, 3.8) is 0 Å². The predicted molar refractivity (Wildman–Crippen MR) is 153 cm³/mol. The lowest BCUT2D eigenvalue weighted by atomic mass is 9.99. The molecule has 14 heteroatoms. The Labute approximate surface area is 256 Å². The van der Waals surface area contributed by atoms with Crippen molar-refractivity contribution < 1.29 is 57.1 Å². The van der Waals surface area contributed by atoms with Crippen LogP contribution >= 0.6 is 0 Å². The molecule has 1 fully saturated rings. The van der Waals surface area contributed by atoms with E-state index in [4.69, 9.17) is 18.9 Å². The lowest BCUT2D eigenvalue weighted by Gasteiger charge is -2.28. The number of hydrogen-bond acceptors (Lipinski definition) is 9. The lowest BCUT2D eigenvalue weighted by molar-refractivity contribution is 0.0178. The molecule has 0 aliphatic carbocycles. The first kappa shape index (κ1) is 32.7. The van der Waals surface area contributed by atoms with Gasteiger partial charge in [-0.05, 0) is 67.4 Å². The fourth-order valence-corrected chi connectivity index (χ4v) is 4.76. The van der Waals surface area contributed by atoms with Gasteiger partial charge < -0.3 is 39.4 Å². The average molecular weight is 629 g/mol. The smallest absolute Gasteiger partial charge is 0.407 e. The summed E-state index contributed by atoms with van der Waals surface area (Å²) in [7, 11) is 2.70. The fraction of sp³-hybridized carbons (Fsp3) is 0.290. The second-order valence-corrected chi connectivity index (χ2v) is 10.00. The van der Waals surface area contributed by atoms with E-state index in [2.05, 4.69) is 5.32 Å². The number of carboxylic acid groups (broad SMARTS) is 1. The number of rotatable bonds is 10. The summed E-state index contributed by atoms with van der Waals surface area (Å²) in [6.07, 6.45) is -1.94. The highest BCUT2D eigenvalue weighted by Crippen LogP contribution is 2.29. The number of carbonyl (C=O) groups excluding carboxylic acids is 3. The van der Waals surface area contributed by atoms with E-state index in [1.807, 2.05) is 0 Å². The highest BCUT2D eigenvalue weighted by Gasteiger charge is 2.34. The number of nitrogens with zero attached hydrogens (tertiary/aromatic N) is 1. The molecule has 4 rings (SSSR count). The van der Waals surface area contributed by atoms with Gasteiger partial charge in [0.2, 0.25) is 5.78 Å². The Bertz CT molecular complexity index is 1560. The first-order valence-electron chi connectivity index (χ1n) is 13.6. The third-order valence-electron chi connectivity index (χ3n) is 7.03. The molecule has 1 saturated heterocycles. The molecule has 3 N–H and O–H groups in total. The Morgan fingerprint density at radius 1 is 0.978 bits per heavy atom. The Morgan fingerprint density at radius 2 is 1.67 bits per heavy atom. The van der Waals surface area contributed by atoms with Gasteiger partial charge in [0.05, 0.1) is 29.8 Å². The molecular formula is C31H30F2N2O10. The van der Waals surface area contributed by atoms with Gasteiger partial charge in [0.15, 0.2) is 6.79 Å². The van der Waals surface area contributed by atoms with Gasteiger partial charge in [0.1, 0.15) is 35.0 Å². The van der Waals surface area contributed by atoms with Gasteiger partial charge in [0, 0.05) is 25.8 Å². The average Bonchev–Trinajstić information content (AvgIpc) is 3.21. The second-order valence-electron chi connectivity index (χ2n) is 10.00. The number of amides is 2. The zero-order chi connectivity index (χ0) is 32.7. The van der Waals surface area contributed by atoms with E-state index in [1.165, 1.54) is 56.7 Å². The molecular weight excluding hydrogens is 598 g/mol. The van der Waals surface area contributed by atoms with Crippen LogP contribution in [0.2, 0.25) is 0 Å². The molecule has 1 heterocycles. The number of ketones is 1. The minimum Gasteiger partial charge on any atom is -0.508 e. The second kappa shape index (κ2) is 14.5. The maximum absolute atomic E-state index is 15.3. The number of carbonyl (C=O) groups is 4. The van der Waals surface area contributed by atoms with Gasteiger partial charge in [-0.2, -0.15) is 0 Å². The molecule has 1 aliphatic heterocycles. The van der Waals surface area contributed by atoms with Crippen molar-refractivity contribution in [1.29, 1.82) is 0 Å².